The Bertz CT molecular complexity index is 1870. The van der Waals surface area contributed by atoms with E-state index in [1.54, 1.807) is 6.20 Å². The Morgan fingerprint density at radius 1 is 1.07 bits per heavy atom. The maximum absolute atomic E-state index is 16.0. The van der Waals surface area contributed by atoms with Crippen LogP contribution in [0.3, 0.4) is 0 Å². The van der Waals surface area contributed by atoms with E-state index in [1.807, 2.05) is 27.7 Å². The molecule has 3 aliphatic heterocycles. The summed E-state index contributed by atoms with van der Waals surface area (Å²) in [6.45, 7) is 5.04. The van der Waals surface area contributed by atoms with E-state index < -0.39 is 17.2 Å². The minimum Gasteiger partial charge on any atom is -0.451 e. The summed E-state index contributed by atoms with van der Waals surface area (Å²) in [6.07, 6.45) is 3.09. The normalized spacial score (nSPS) is 18.7. The molecule has 1 amide bonds. The second kappa shape index (κ2) is 10.2. The predicted molar refractivity (Wildman–Crippen MR) is 162 cm³/mol. The van der Waals surface area contributed by atoms with Gasteiger partial charge in [0.2, 0.25) is 5.43 Å². The van der Waals surface area contributed by atoms with Crippen molar-refractivity contribution in [1.82, 2.24) is 14.8 Å². The number of carbonyl (C=O) groups excluding carboxylic acids is 1. The van der Waals surface area contributed by atoms with Gasteiger partial charge in [-0.3, -0.25) is 14.5 Å². The van der Waals surface area contributed by atoms with E-state index in [0.717, 1.165) is 42.6 Å². The highest BCUT2D eigenvalue weighted by molar-refractivity contribution is 6.01. The highest BCUT2D eigenvalue weighted by atomic mass is 19.1. The second-order valence-corrected chi connectivity index (χ2v) is 11.8. The third kappa shape index (κ3) is 4.31. The average molecular weight is 582 g/mol. The van der Waals surface area contributed by atoms with Crippen molar-refractivity contribution in [3.63, 3.8) is 0 Å². The maximum atomic E-state index is 16.0. The van der Waals surface area contributed by atoms with Gasteiger partial charge in [0.15, 0.2) is 17.3 Å². The molecular weight excluding hydrogens is 549 g/mol. The summed E-state index contributed by atoms with van der Waals surface area (Å²) < 4.78 is 29.8. The Labute approximate surface area is 247 Å². The van der Waals surface area contributed by atoms with Crippen LogP contribution in [0.15, 0.2) is 53.5 Å². The number of nitrogens with zero attached hydrogens (tertiary/aromatic N) is 3. The van der Waals surface area contributed by atoms with Crippen molar-refractivity contribution < 1.29 is 18.7 Å². The van der Waals surface area contributed by atoms with Crippen LogP contribution in [-0.4, -0.2) is 73.9 Å². The third-order valence-electron chi connectivity index (χ3n) is 9.12. The zero-order valence-electron chi connectivity index (χ0n) is 23.7. The van der Waals surface area contributed by atoms with Crippen LogP contribution in [0, 0.1) is 5.82 Å². The van der Waals surface area contributed by atoms with E-state index in [2.05, 4.69) is 28.4 Å². The maximum Gasteiger partial charge on any atom is 0.256 e. The number of anilines is 1. The van der Waals surface area contributed by atoms with Gasteiger partial charge in [0.1, 0.15) is 16.8 Å². The van der Waals surface area contributed by atoms with Crippen LogP contribution in [0.25, 0.3) is 27.7 Å². The lowest BCUT2D eigenvalue weighted by atomic mass is 10.0. The van der Waals surface area contributed by atoms with Crippen molar-refractivity contribution in [2.24, 2.45) is 5.73 Å². The van der Waals surface area contributed by atoms with Gasteiger partial charge >= 0.3 is 0 Å². The molecule has 2 fully saturated rings. The minimum absolute atomic E-state index is 0.0348. The number of hydrogen-bond donors (Lipinski definition) is 2. The Morgan fingerprint density at radius 3 is 2.72 bits per heavy atom. The number of aromatic nitrogens is 1. The first-order valence-electron chi connectivity index (χ1n) is 14.9. The van der Waals surface area contributed by atoms with Crippen molar-refractivity contribution in [3.8, 4) is 28.3 Å². The number of nitrogens with two attached hydrogens (primary N) is 1. The first-order valence-corrected chi connectivity index (χ1v) is 14.9. The fourth-order valence-electron chi connectivity index (χ4n) is 6.93. The van der Waals surface area contributed by atoms with Crippen LogP contribution >= 0.6 is 0 Å². The van der Waals surface area contributed by atoms with Crippen LogP contribution in [0.1, 0.15) is 27.9 Å². The van der Waals surface area contributed by atoms with Crippen molar-refractivity contribution >= 4 is 22.5 Å². The molecule has 10 heteroatoms. The quantitative estimate of drug-likeness (QED) is 0.322. The number of fused-ring (bicyclic) bond motifs is 5. The standard InChI is InChI=1S/C33H32FN5O4/c34-26-15-24-29-32(30(26)38-7-5-21(35)17-38)43-28-16-23-20(13-19-3-1-2-4-22(19)23)14-27(28)39(29)18-25(31(24)40)33(41)36-6-8-37-9-11-42-12-10-37/h1-4,14-16,18,21H,5-13,17,35H2,(H,36,41). The van der Waals surface area contributed by atoms with Gasteiger partial charge in [-0.25, -0.2) is 4.39 Å². The molecule has 3 aromatic carbocycles. The Balaban J connectivity index is 1.26. The van der Waals surface area contributed by atoms with Gasteiger partial charge < -0.3 is 30.0 Å². The molecule has 1 unspecified atom stereocenters. The molecule has 43 heavy (non-hydrogen) atoms. The summed E-state index contributed by atoms with van der Waals surface area (Å²) in [5.41, 5.74) is 11.7. The number of rotatable bonds is 5. The summed E-state index contributed by atoms with van der Waals surface area (Å²) in [4.78, 5) is 31.4. The average Bonchev–Trinajstić information content (AvgIpc) is 3.60. The molecule has 1 atom stereocenters. The van der Waals surface area contributed by atoms with Crippen LogP contribution in [-0.2, 0) is 11.2 Å². The third-order valence-corrected chi connectivity index (χ3v) is 9.12. The van der Waals surface area contributed by atoms with Gasteiger partial charge in [-0.05, 0) is 53.3 Å². The minimum atomic E-state index is -0.569. The number of morpholine rings is 1. The highest BCUT2D eigenvalue weighted by Crippen LogP contribution is 2.50. The van der Waals surface area contributed by atoms with Gasteiger partial charge in [0, 0.05) is 51.5 Å². The molecule has 2 saturated heterocycles. The molecule has 4 aliphatic rings. The van der Waals surface area contributed by atoms with Crippen LogP contribution < -0.4 is 26.1 Å². The van der Waals surface area contributed by atoms with Crippen molar-refractivity contribution in [3.05, 3.63) is 81.4 Å². The molecule has 1 aromatic heterocycles. The van der Waals surface area contributed by atoms with Gasteiger partial charge in [0.05, 0.1) is 24.3 Å². The van der Waals surface area contributed by atoms with Crippen molar-refractivity contribution in [1.29, 1.82) is 0 Å². The predicted octanol–water partition coefficient (Wildman–Crippen LogP) is 3.41. The summed E-state index contributed by atoms with van der Waals surface area (Å²) >= 11 is 0. The zero-order valence-corrected chi connectivity index (χ0v) is 23.7. The second-order valence-electron chi connectivity index (χ2n) is 11.8. The number of pyridine rings is 1. The van der Waals surface area contributed by atoms with E-state index in [1.165, 1.54) is 11.6 Å². The van der Waals surface area contributed by atoms with Gasteiger partial charge in [-0.15, -0.1) is 0 Å². The molecule has 1 aliphatic carbocycles. The number of carbonyl (C=O) groups is 1. The summed E-state index contributed by atoms with van der Waals surface area (Å²) in [7, 11) is 0. The molecular formula is C33H32FN5O4. The summed E-state index contributed by atoms with van der Waals surface area (Å²) in [5, 5.41) is 3.01. The molecule has 8 rings (SSSR count). The highest BCUT2D eigenvalue weighted by Gasteiger charge is 2.34. The number of hydrogen-bond acceptors (Lipinski definition) is 7. The number of amides is 1. The number of halogens is 1. The van der Waals surface area contributed by atoms with Crippen LogP contribution in [0.2, 0.25) is 0 Å². The first-order chi connectivity index (χ1) is 21.0. The SMILES string of the molecule is NC1CCN(c2c(F)cc3c(=O)c(C(=O)NCCN4CCOCC4)cn4c3c2Oc2cc3c(cc2-4)Cc2ccccc2-3)C1. The van der Waals surface area contributed by atoms with Crippen molar-refractivity contribution in [2.45, 2.75) is 18.9 Å². The number of ether oxygens (including phenoxy) is 2. The van der Waals surface area contributed by atoms with Crippen molar-refractivity contribution in [2.75, 3.05) is 57.4 Å². The van der Waals surface area contributed by atoms with E-state index >= 15 is 4.39 Å². The van der Waals surface area contributed by atoms with E-state index in [4.69, 9.17) is 15.2 Å². The lowest BCUT2D eigenvalue weighted by Gasteiger charge is -2.29. The van der Waals surface area contributed by atoms with E-state index in [9.17, 15) is 9.59 Å². The molecule has 220 valence electrons. The molecule has 0 saturated carbocycles. The lowest BCUT2D eigenvalue weighted by molar-refractivity contribution is 0.0383. The Hall–Kier alpha value is -4.25. The smallest absolute Gasteiger partial charge is 0.256 e. The summed E-state index contributed by atoms with van der Waals surface area (Å²) in [5.74, 6) is -0.233. The zero-order chi connectivity index (χ0) is 29.2. The topological polar surface area (TPSA) is 102 Å². The Kier molecular flexibility index (Phi) is 6.25. The molecule has 3 N–H and O–H groups in total. The molecule has 0 bridgehead atoms. The van der Waals surface area contributed by atoms with Crippen LogP contribution in [0.4, 0.5) is 10.1 Å². The molecule has 4 aromatic rings. The fraction of sp³-hybridized carbons (Fsp3) is 0.333. The van der Waals surface area contributed by atoms with Gasteiger partial charge in [-0.2, -0.15) is 0 Å². The van der Waals surface area contributed by atoms with Gasteiger partial charge in [-0.1, -0.05) is 24.3 Å². The Morgan fingerprint density at radius 2 is 1.91 bits per heavy atom. The van der Waals surface area contributed by atoms with E-state index in [0.29, 0.717) is 62.0 Å². The first kappa shape index (κ1) is 26.4. The summed E-state index contributed by atoms with van der Waals surface area (Å²) in [6, 6.07) is 13.5. The van der Waals surface area contributed by atoms with Gasteiger partial charge in [0.25, 0.3) is 5.91 Å². The van der Waals surface area contributed by atoms with Crippen LogP contribution in [0.5, 0.6) is 11.5 Å². The molecule has 9 nitrogen and oxygen atoms in total. The number of nitrogens with one attached hydrogen (secondary N) is 1. The molecule has 4 heterocycles. The number of benzene rings is 3. The largest absolute Gasteiger partial charge is 0.451 e. The van der Waals surface area contributed by atoms with E-state index in [-0.39, 0.29) is 22.7 Å². The molecule has 0 radical (unpaired) electrons. The lowest BCUT2D eigenvalue weighted by Crippen LogP contribution is -2.42. The fourth-order valence-corrected chi connectivity index (χ4v) is 6.93. The monoisotopic (exact) mass is 581 g/mol. The molecule has 0 spiro atoms.